The zero-order valence-corrected chi connectivity index (χ0v) is 10.3. The number of carboxylic acids is 1. The number of carboxylic acid groups (broad SMARTS) is 1. The molecule has 0 saturated heterocycles. The Balaban J connectivity index is 2.38. The molecule has 0 unspecified atom stereocenters. The van der Waals surface area contributed by atoms with Crippen molar-refractivity contribution in [3.63, 3.8) is 0 Å². The summed E-state index contributed by atoms with van der Waals surface area (Å²) in [6.07, 6.45) is 0. The number of hydrogen-bond acceptors (Lipinski definition) is 4. The standard InChI is InChI=1S/C13H14N2O3/c1-8(2)7-15(3)13-14-10-5-4-9(12(16)17)6-11(10)18-13/h4-6H,1,7H2,2-3H3,(H,16,17). The Morgan fingerprint density at radius 1 is 1.56 bits per heavy atom. The predicted octanol–water partition coefficient (Wildman–Crippen LogP) is 2.54. The first-order valence-corrected chi connectivity index (χ1v) is 5.47. The quantitative estimate of drug-likeness (QED) is 0.840. The highest BCUT2D eigenvalue weighted by atomic mass is 16.4. The van der Waals surface area contributed by atoms with Crippen LogP contribution in [0.15, 0.2) is 34.8 Å². The summed E-state index contributed by atoms with van der Waals surface area (Å²) in [6.45, 7) is 6.38. The van der Waals surface area contributed by atoms with Gasteiger partial charge >= 0.3 is 5.97 Å². The molecule has 1 aromatic heterocycles. The van der Waals surface area contributed by atoms with Gasteiger partial charge in [-0.15, -0.1) is 0 Å². The van der Waals surface area contributed by atoms with Crippen LogP contribution >= 0.6 is 0 Å². The molecule has 1 heterocycles. The van der Waals surface area contributed by atoms with Gasteiger partial charge in [0.25, 0.3) is 6.01 Å². The molecule has 0 fully saturated rings. The van der Waals surface area contributed by atoms with Crippen molar-refractivity contribution in [3.8, 4) is 0 Å². The highest BCUT2D eigenvalue weighted by Crippen LogP contribution is 2.22. The minimum atomic E-state index is -0.981. The Kier molecular flexibility index (Phi) is 3.06. The van der Waals surface area contributed by atoms with E-state index in [1.165, 1.54) is 12.1 Å². The topological polar surface area (TPSA) is 66.6 Å². The third-order valence-corrected chi connectivity index (χ3v) is 2.46. The van der Waals surface area contributed by atoms with Gasteiger partial charge in [0.1, 0.15) is 5.52 Å². The number of oxazole rings is 1. The molecule has 0 atom stereocenters. The van der Waals surface area contributed by atoms with Gasteiger partial charge in [-0.2, -0.15) is 4.98 Å². The highest BCUT2D eigenvalue weighted by molar-refractivity contribution is 5.92. The Labute approximate surface area is 104 Å². The Bertz CT molecular complexity index is 616. The van der Waals surface area contributed by atoms with Crippen LogP contribution in [0.1, 0.15) is 17.3 Å². The molecule has 2 rings (SSSR count). The van der Waals surface area contributed by atoms with Crippen LogP contribution in [0, 0.1) is 0 Å². The number of aromatic nitrogens is 1. The number of fused-ring (bicyclic) bond motifs is 1. The number of aromatic carboxylic acids is 1. The number of nitrogens with zero attached hydrogens (tertiary/aromatic N) is 2. The molecule has 0 saturated carbocycles. The summed E-state index contributed by atoms with van der Waals surface area (Å²) < 4.78 is 5.53. The van der Waals surface area contributed by atoms with Crippen molar-refractivity contribution in [3.05, 3.63) is 35.9 Å². The van der Waals surface area contributed by atoms with Crippen molar-refractivity contribution in [2.24, 2.45) is 0 Å². The molecule has 0 aliphatic carbocycles. The van der Waals surface area contributed by atoms with Gasteiger partial charge in [0.2, 0.25) is 0 Å². The first-order valence-electron chi connectivity index (χ1n) is 5.47. The minimum Gasteiger partial charge on any atom is -0.478 e. The summed E-state index contributed by atoms with van der Waals surface area (Å²) in [6, 6.07) is 5.08. The van der Waals surface area contributed by atoms with Crippen molar-refractivity contribution in [2.75, 3.05) is 18.5 Å². The summed E-state index contributed by atoms with van der Waals surface area (Å²) in [4.78, 5) is 17.0. The van der Waals surface area contributed by atoms with Crippen molar-refractivity contribution in [1.29, 1.82) is 0 Å². The SMILES string of the molecule is C=C(C)CN(C)c1nc2ccc(C(=O)O)cc2o1. The number of anilines is 1. The van der Waals surface area contributed by atoms with E-state index in [9.17, 15) is 4.79 Å². The van der Waals surface area contributed by atoms with E-state index in [0.29, 0.717) is 23.7 Å². The first-order chi connectivity index (χ1) is 8.47. The van der Waals surface area contributed by atoms with Gasteiger partial charge in [-0.3, -0.25) is 0 Å². The second kappa shape index (κ2) is 4.52. The molecule has 0 bridgehead atoms. The summed E-state index contributed by atoms with van der Waals surface area (Å²) in [5.74, 6) is -0.981. The molecule has 94 valence electrons. The predicted molar refractivity (Wildman–Crippen MR) is 69.1 cm³/mol. The molecule has 2 aromatic rings. The van der Waals surface area contributed by atoms with Crippen LogP contribution in [0.2, 0.25) is 0 Å². The smallest absolute Gasteiger partial charge is 0.335 e. The average Bonchev–Trinajstić information content (AvgIpc) is 2.70. The van der Waals surface area contributed by atoms with Gasteiger partial charge in [0.05, 0.1) is 5.56 Å². The maximum atomic E-state index is 10.8. The van der Waals surface area contributed by atoms with Crippen LogP contribution in [-0.2, 0) is 0 Å². The summed E-state index contributed by atoms with van der Waals surface area (Å²) >= 11 is 0. The van der Waals surface area contributed by atoms with E-state index in [4.69, 9.17) is 9.52 Å². The van der Waals surface area contributed by atoms with Crippen LogP contribution in [0.4, 0.5) is 6.01 Å². The molecule has 1 N–H and O–H groups in total. The van der Waals surface area contributed by atoms with Gasteiger partial charge in [-0.1, -0.05) is 12.2 Å². The van der Waals surface area contributed by atoms with Crippen LogP contribution in [0.25, 0.3) is 11.1 Å². The summed E-state index contributed by atoms with van der Waals surface area (Å²) in [5, 5.41) is 8.90. The van der Waals surface area contributed by atoms with Crippen LogP contribution in [-0.4, -0.2) is 29.7 Å². The lowest BCUT2D eigenvalue weighted by molar-refractivity contribution is 0.0697. The largest absolute Gasteiger partial charge is 0.478 e. The molecule has 0 radical (unpaired) electrons. The van der Waals surface area contributed by atoms with E-state index in [1.807, 2.05) is 18.9 Å². The molecular formula is C13H14N2O3. The second-order valence-corrected chi connectivity index (χ2v) is 4.30. The van der Waals surface area contributed by atoms with E-state index in [0.717, 1.165) is 5.57 Å². The third-order valence-electron chi connectivity index (χ3n) is 2.46. The van der Waals surface area contributed by atoms with Gasteiger partial charge in [0.15, 0.2) is 5.58 Å². The molecule has 0 aliphatic rings. The monoisotopic (exact) mass is 246 g/mol. The molecule has 0 spiro atoms. The Hall–Kier alpha value is -2.30. The van der Waals surface area contributed by atoms with Crippen LogP contribution < -0.4 is 4.90 Å². The third kappa shape index (κ3) is 2.34. The molecular weight excluding hydrogens is 232 g/mol. The van der Waals surface area contributed by atoms with E-state index in [-0.39, 0.29) is 5.56 Å². The number of benzene rings is 1. The number of carbonyl (C=O) groups is 1. The van der Waals surface area contributed by atoms with Gasteiger partial charge in [-0.25, -0.2) is 4.79 Å². The van der Waals surface area contributed by atoms with Crippen molar-refractivity contribution in [2.45, 2.75) is 6.92 Å². The Morgan fingerprint density at radius 2 is 2.28 bits per heavy atom. The zero-order chi connectivity index (χ0) is 13.3. The van der Waals surface area contributed by atoms with Crippen LogP contribution in [0.3, 0.4) is 0 Å². The zero-order valence-electron chi connectivity index (χ0n) is 10.3. The lowest BCUT2D eigenvalue weighted by Gasteiger charge is -2.13. The van der Waals surface area contributed by atoms with E-state index in [2.05, 4.69) is 11.6 Å². The fourth-order valence-corrected chi connectivity index (χ4v) is 1.68. The lowest BCUT2D eigenvalue weighted by Crippen LogP contribution is -2.19. The van der Waals surface area contributed by atoms with Crippen LogP contribution in [0.5, 0.6) is 0 Å². The highest BCUT2D eigenvalue weighted by Gasteiger charge is 2.12. The minimum absolute atomic E-state index is 0.188. The average molecular weight is 246 g/mol. The van der Waals surface area contributed by atoms with E-state index >= 15 is 0 Å². The molecule has 5 heteroatoms. The molecule has 5 nitrogen and oxygen atoms in total. The van der Waals surface area contributed by atoms with Gasteiger partial charge in [0, 0.05) is 13.6 Å². The fraction of sp³-hybridized carbons (Fsp3) is 0.231. The molecule has 0 aliphatic heterocycles. The van der Waals surface area contributed by atoms with Crippen molar-refractivity contribution in [1.82, 2.24) is 4.98 Å². The van der Waals surface area contributed by atoms with Crippen molar-refractivity contribution >= 4 is 23.1 Å². The number of likely N-dealkylation sites (N-methyl/N-ethyl adjacent to an activating group) is 1. The lowest BCUT2D eigenvalue weighted by atomic mass is 10.2. The molecule has 18 heavy (non-hydrogen) atoms. The number of hydrogen-bond donors (Lipinski definition) is 1. The number of rotatable bonds is 4. The summed E-state index contributed by atoms with van der Waals surface area (Å²) in [7, 11) is 1.84. The van der Waals surface area contributed by atoms with E-state index < -0.39 is 5.97 Å². The van der Waals surface area contributed by atoms with Crippen molar-refractivity contribution < 1.29 is 14.3 Å². The van der Waals surface area contributed by atoms with Gasteiger partial charge < -0.3 is 14.4 Å². The second-order valence-electron chi connectivity index (χ2n) is 4.30. The molecule has 1 aromatic carbocycles. The Morgan fingerprint density at radius 3 is 2.89 bits per heavy atom. The van der Waals surface area contributed by atoms with Gasteiger partial charge in [-0.05, 0) is 25.1 Å². The maximum Gasteiger partial charge on any atom is 0.335 e. The summed E-state index contributed by atoms with van der Waals surface area (Å²) in [5.41, 5.74) is 2.29. The fourth-order valence-electron chi connectivity index (χ4n) is 1.68. The maximum absolute atomic E-state index is 10.8. The van der Waals surface area contributed by atoms with E-state index in [1.54, 1.807) is 6.07 Å². The molecule has 0 amide bonds. The first kappa shape index (κ1) is 12.2. The normalized spacial score (nSPS) is 10.6.